The fourth-order valence-electron chi connectivity index (χ4n) is 4.41. The van der Waals surface area contributed by atoms with Crippen LogP contribution in [0.2, 0.25) is 0 Å². The zero-order valence-electron chi connectivity index (χ0n) is 16.0. The van der Waals surface area contributed by atoms with Crippen molar-refractivity contribution in [3.8, 4) is 0 Å². The van der Waals surface area contributed by atoms with E-state index >= 15 is 0 Å². The topological polar surface area (TPSA) is 95.5 Å². The summed E-state index contributed by atoms with van der Waals surface area (Å²) in [4.78, 5) is 36.8. The highest BCUT2D eigenvalue weighted by Crippen LogP contribution is 2.48. The highest BCUT2D eigenvalue weighted by molar-refractivity contribution is 6.05. The van der Waals surface area contributed by atoms with Crippen LogP contribution in [0.3, 0.4) is 0 Å². The van der Waals surface area contributed by atoms with Crippen molar-refractivity contribution < 1.29 is 19.5 Å². The molecule has 2 aromatic carbocycles. The molecule has 0 saturated heterocycles. The van der Waals surface area contributed by atoms with E-state index in [-0.39, 0.29) is 23.7 Å². The van der Waals surface area contributed by atoms with Crippen molar-refractivity contribution in [2.24, 2.45) is 23.7 Å². The minimum Gasteiger partial charge on any atom is -0.481 e. The number of amides is 2. The summed E-state index contributed by atoms with van der Waals surface area (Å²) in [5.41, 5.74) is 2.60. The second-order valence-electron chi connectivity index (χ2n) is 7.68. The summed E-state index contributed by atoms with van der Waals surface area (Å²) in [5.74, 6) is -2.71. The van der Waals surface area contributed by atoms with E-state index in [1.165, 1.54) is 0 Å². The molecule has 4 rings (SSSR count). The first-order valence-corrected chi connectivity index (χ1v) is 9.63. The van der Waals surface area contributed by atoms with Gasteiger partial charge in [0.25, 0.3) is 5.91 Å². The van der Waals surface area contributed by atoms with Crippen molar-refractivity contribution >= 4 is 29.2 Å². The molecule has 2 amide bonds. The highest BCUT2D eigenvalue weighted by Gasteiger charge is 2.51. The molecule has 0 aliphatic heterocycles. The van der Waals surface area contributed by atoms with Gasteiger partial charge in [-0.2, -0.15) is 0 Å². The van der Waals surface area contributed by atoms with Crippen LogP contribution in [0.15, 0.2) is 60.7 Å². The van der Waals surface area contributed by atoms with Gasteiger partial charge in [0.2, 0.25) is 5.91 Å². The number of hydrogen-bond acceptors (Lipinski definition) is 3. The molecular weight excluding hydrogens is 368 g/mol. The molecule has 6 heteroatoms. The number of anilines is 2. The number of aryl methyl sites for hydroxylation is 1. The summed E-state index contributed by atoms with van der Waals surface area (Å²) in [6.07, 6.45) is 4.60. The Morgan fingerprint density at radius 2 is 1.62 bits per heavy atom. The molecule has 2 aliphatic carbocycles. The second-order valence-corrected chi connectivity index (χ2v) is 7.68. The number of hydrogen-bond donors (Lipinski definition) is 3. The summed E-state index contributed by atoms with van der Waals surface area (Å²) in [6.45, 7) is 1.84. The van der Waals surface area contributed by atoms with Crippen LogP contribution in [0.5, 0.6) is 0 Å². The van der Waals surface area contributed by atoms with Gasteiger partial charge in [0.05, 0.1) is 11.8 Å². The van der Waals surface area contributed by atoms with E-state index in [4.69, 9.17) is 0 Å². The quantitative estimate of drug-likeness (QED) is 0.678. The largest absolute Gasteiger partial charge is 0.481 e. The lowest BCUT2D eigenvalue weighted by molar-refractivity contribution is -0.146. The predicted octanol–water partition coefficient (Wildman–Crippen LogP) is 3.71. The SMILES string of the molecule is Cc1cc(NC(=O)[C@H]2[C@H](C(=O)O)[C@H]3C=C[C@H]2C3)ccc1NC(=O)c1ccccc1. The van der Waals surface area contributed by atoms with Crippen LogP contribution in [0.25, 0.3) is 0 Å². The van der Waals surface area contributed by atoms with Crippen molar-refractivity contribution in [3.63, 3.8) is 0 Å². The molecule has 148 valence electrons. The highest BCUT2D eigenvalue weighted by atomic mass is 16.4. The number of carboxylic acid groups (broad SMARTS) is 1. The normalized spacial score (nSPS) is 24.3. The minimum atomic E-state index is -0.919. The number of allylic oxidation sites excluding steroid dienone is 2. The molecule has 3 N–H and O–H groups in total. The molecule has 2 aliphatic rings. The number of carbonyl (C=O) groups excluding carboxylic acids is 2. The van der Waals surface area contributed by atoms with Crippen molar-refractivity contribution in [1.29, 1.82) is 0 Å². The zero-order chi connectivity index (χ0) is 20.5. The Morgan fingerprint density at radius 3 is 2.28 bits per heavy atom. The molecule has 4 atom stereocenters. The lowest BCUT2D eigenvalue weighted by atomic mass is 9.82. The van der Waals surface area contributed by atoms with E-state index in [0.29, 0.717) is 16.9 Å². The van der Waals surface area contributed by atoms with Crippen LogP contribution in [0.1, 0.15) is 22.3 Å². The lowest BCUT2D eigenvalue weighted by Gasteiger charge is -2.24. The van der Waals surface area contributed by atoms with Crippen molar-refractivity contribution in [3.05, 3.63) is 71.8 Å². The van der Waals surface area contributed by atoms with E-state index in [2.05, 4.69) is 10.6 Å². The number of benzene rings is 2. The number of fused-ring (bicyclic) bond motifs is 2. The molecule has 6 nitrogen and oxygen atoms in total. The molecule has 2 bridgehead atoms. The van der Waals surface area contributed by atoms with Crippen LogP contribution in [0.4, 0.5) is 11.4 Å². The smallest absolute Gasteiger partial charge is 0.307 e. The zero-order valence-corrected chi connectivity index (χ0v) is 16.0. The van der Waals surface area contributed by atoms with E-state index < -0.39 is 17.8 Å². The maximum Gasteiger partial charge on any atom is 0.307 e. The Morgan fingerprint density at radius 1 is 0.931 bits per heavy atom. The number of nitrogens with one attached hydrogen (secondary N) is 2. The van der Waals surface area contributed by atoms with Gasteiger partial charge in [-0.05, 0) is 61.1 Å². The van der Waals surface area contributed by atoms with Crippen molar-refractivity contribution in [2.75, 3.05) is 10.6 Å². The first-order chi connectivity index (χ1) is 13.9. The summed E-state index contributed by atoms with van der Waals surface area (Å²) < 4.78 is 0. The van der Waals surface area contributed by atoms with E-state index in [0.717, 1.165) is 12.0 Å². The number of carbonyl (C=O) groups is 3. The summed E-state index contributed by atoms with van der Waals surface area (Å²) in [6, 6.07) is 14.2. The molecule has 1 saturated carbocycles. The Bertz CT molecular complexity index is 999. The Labute approximate surface area is 168 Å². The van der Waals surface area contributed by atoms with Gasteiger partial charge in [0.15, 0.2) is 0 Å². The van der Waals surface area contributed by atoms with Gasteiger partial charge >= 0.3 is 5.97 Å². The molecule has 0 heterocycles. The summed E-state index contributed by atoms with van der Waals surface area (Å²) in [7, 11) is 0. The van der Waals surface area contributed by atoms with Gasteiger partial charge in [-0.3, -0.25) is 14.4 Å². The summed E-state index contributed by atoms with van der Waals surface area (Å²) in [5, 5.41) is 15.3. The molecule has 29 heavy (non-hydrogen) atoms. The lowest BCUT2D eigenvalue weighted by Crippen LogP contribution is -2.36. The van der Waals surface area contributed by atoms with Crippen molar-refractivity contribution in [2.45, 2.75) is 13.3 Å². The van der Waals surface area contributed by atoms with Crippen LogP contribution < -0.4 is 10.6 Å². The Balaban J connectivity index is 1.46. The number of aliphatic carboxylic acids is 1. The summed E-state index contributed by atoms with van der Waals surface area (Å²) >= 11 is 0. The molecule has 0 radical (unpaired) electrons. The molecule has 2 aromatic rings. The average Bonchev–Trinajstić information content (AvgIpc) is 3.32. The van der Waals surface area contributed by atoms with E-state index in [1.807, 2.05) is 25.1 Å². The van der Waals surface area contributed by atoms with Crippen molar-refractivity contribution in [1.82, 2.24) is 0 Å². The van der Waals surface area contributed by atoms with Gasteiger partial charge in [0.1, 0.15) is 0 Å². The third-order valence-corrected chi connectivity index (χ3v) is 5.83. The van der Waals surface area contributed by atoms with Crippen LogP contribution in [0, 0.1) is 30.6 Å². The second kappa shape index (κ2) is 7.54. The first kappa shape index (κ1) is 18.9. The molecule has 0 spiro atoms. The van der Waals surface area contributed by atoms with Gasteiger partial charge in [-0.15, -0.1) is 0 Å². The van der Waals surface area contributed by atoms with Gasteiger partial charge in [-0.25, -0.2) is 0 Å². The molecular formula is C23H22N2O4. The first-order valence-electron chi connectivity index (χ1n) is 9.63. The maximum absolute atomic E-state index is 12.8. The number of rotatable bonds is 5. The standard InChI is InChI=1S/C23H22N2O4/c1-13-11-17(9-10-18(13)25-21(26)14-5-3-2-4-6-14)24-22(27)19-15-7-8-16(12-15)20(19)23(28)29/h2-11,15-16,19-20H,12H2,1H3,(H,24,27)(H,25,26)(H,28,29)/t15-,16-,19+,20+/m0/s1. The third-order valence-electron chi connectivity index (χ3n) is 5.83. The fourth-order valence-corrected chi connectivity index (χ4v) is 4.41. The van der Waals surface area contributed by atoms with Gasteiger partial charge < -0.3 is 15.7 Å². The predicted molar refractivity (Wildman–Crippen MR) is 110 cm³/mol. The third kappa shape index (κ3) is 3.66. The maximum atomic E-state index is 12.8. The van der Waals surface area contributed by atoms with Gasteiger partial charge in [0, 0.05) is 16.9 Å². The molecule has 0 unspecified atom stereocenters. The van der Waals surface area contributed by atoms with E-state index in [9.17, 15) is 19.5 Å². The Hall–Kier alpha value is -3.41. The van der Waals surface area contributed by atoms with Crippen LogP contribution in [-0.4, -0.2) is 22.9 Å². The van der Waals surface area contributed by atoms with Crippen LogP contribution in [-0.2, 0) is 9.59 Å². The van der Waals surface area contributed by atoms with E-state index in [1.54, 1.807) is 42.5 Å². The minimum absolute atomic E-state index is 0.0216. The fraction of sp³-hybridized carbons (Fsp3) is 0.261. The van der Waals surface area contributed by atoms with Crippen LogP contribution >= 0.6 is 0 Å². The monoisotopic (exact) mass is 390 g/mol. The molecule has 1 fully saturated rings. The Kier molecular flexibility index (Phi) is 4.92. The molecule has 0 aromatic heterocycles. The number of carboxylic acids is 1. The van der Waals surface area contributed by atoms with Gasteiger partial charge in [-0.1, -0.05) is 30.4 Å². The average molecular weight is 390 g/mol.